The van der Waals surface area contributed by atoms with Crippen molar-refractivity contribution in [3.8, 4) is 0 Å². The minimum atomic E-state index is -0.135. The van der Waals surface area contributed by atoms with Crippen LogP contribution in [0, 0.1) is 0 Å². The molecular weight excluding hydrogens is 198 g/mol. The molecule has 0 N–H and O–H groups in total. The second-order valence-corrected chi connectivity index (χ2v) is 3.64. The number of ether oxygens (including phenoxy) is 1. The zero-order chi connectivity index (χ0) is 8.97. The molecule has 0 aliphatic heterocycles. The van der Waals surface area contributed by atoms with Gasteiger partial charge in [-0.15, -0.1) is 11.3 Å². The lowest BCUT2D eigenvalue weighted by Crippen LogP contribution is -2.09. The van der Waals surface area contributed by atoms with E-state index in [0.29, 0.717) is 18.0 Å². The summed E-state index contributed by atoms with van der Waals surface area (Å²) in [7, 11) is 0. The van der Waals surface area contributed by atoms with Crippen molar-refractivity contribution in [1.29, 1.82) is 0 Å². The minimum absolute atomic E-state index is 0.135. The molecule has 12 heavy (non-hydrogen) atoms. The maximum atomic E-state index is 9.95. The van der Waals surface area contributed by atoms with Gasteiger partial charge in [0.05, 0.1) is 5.01 Å². The summed E-state index contributed by atoms with van der Waals surface area (Å²) in [6.45, 7) is 2.25. The Kier molecular flexibility index (Phi) is 3.49. The van der Waals surface area contributed by atoms with E-state index in [4.69, 9.17) is 16.3 Å². The molecule has 1 rings (SSSR count). The topological polar surface area (TPSA) is 39.2 Å². The molecule has 0 bridgehead atoms. The van der Waals surface area contributed by atoms with Crippen LogP contribution in [-0.4, -0.2) is 17.6 Å². The molecule has 0 spiro atoms. The van der Waals surface area contributed by atoms with Crippen molar-refractivity contribution < 1.29 is 9.53 Å². The van der Waals surface area contributed by atoms with Gasteiger partial charge in [-0.25, -0.2) is 4.98 Å². The molecular formula is C7H8ClNO2S. The Morgan fingerprint density at radius 2 is 2.67 bits per heavy atom. The van der Waals surface area contributed by atoms with E-state index < -0.39 is 0 Å². The highest BCUT2D eigenvalue weighted by Crippen LogP contribution is 2.15. The molecule has 0 fully saturated rings. The summed E-state index contributed by atoms with van der Waals surface area (Å²) in [6.07, 6.45) is 0.487. The van der Waals surface area contributed by atoms with Gasteiger partial charge in [0, 0.05) is 11.8 Å². The zero-order valence-electron chi connectivity index (χ0n) is 6.49. The number of aromatic nitrogens is 1. The van der Waals surface area contributed by atoms with Crippen molar-refractivity contribution in [2.75, 3.05) is 0 Å². The zero-order valence-corrected chi connectivity index (χ0v) is 8.06. The Morgan fingerprint density at radius 1 is 1.92 bits per heavy atom. The first-order valence-corrected chi connectivity index (χ1v) is 4.67. The molecule has 0 aliphatic carbocycles. The maximum Gasteiger partial charge on any atom is 0.293 e. The average Bonchev–Trinajstić information content (AvgIpc) is 2.36. The van der Waals surface area contributed by atoms with Gasteiger partial charge in [-0.2, -0.15) is 0 Å². The van der Waals surface area contributed by atoms with Gasteiger partial charge in [-0.1, -0.05) is 11.6 Å². The lowest BCUT2D eigenvalue weighted by atomic mass is 10.3. The number of halogens is 1. The van der Waals surface area contributed by atoms with Crippen molar-refractivity contribution in [1.82, 2.24) is 4.98 Å². The molecule has 3 nitrogen and oxygen atoms in total. The second-order valence-electron chi connectivity index (χ2n) is 2.31. The first-order valence-electron chi connectivity index (χ1n) is 3.41. The monoisotopic (exact) mass is 205 g/mol. The van der Waals surface area contributed by atoms with Crippen molar-refractivity contribution in [3.63, 3.8) is 0 Å². The summed E-state index contributed by atoms with van der Waals surface area (Å²) in [5.74, 6) is 0. The molecule has 0 aromatic carbocycles. The Hall–Kier alpha value is -0.610. The number of thiazole rings is 1. The average molecular weight is 206 g/mol. The molecule has 0 saturated carbocycles. The van der Waals surface area contributed by atoms with Gasteiger partial charge in [-0.3, -0.25) is 4.79 Å². The molecule has 1 heterocycles. The van der Waals surface area contributed by atoms with Crippen LogP contribution in [-0.2, 0) is 16.0 Å². The van der Waals surface area contributed by atoms with E-state index in [2.05, 4.69) is 4.98 Å². The van der Waals surface area contributed by atoms with Crippen molar-refractivity contribution in [2.24, 2.45) is 0 Å². The van der Waals surface area contributed by atoms with Crippen LogP contribution in [0.4, 0.5) is 0 Å². The van der Waals surface area contributed by atoms with Gasteiger partial charge < -0.3 is 4.74 Å². The lowest BCUT2D eigenvalue weighted by molar-refractivity contribution is -0.132. The third-order valence-electron chi connectivity index (χ3n) is 1.27. The number of hydrogen-bond donors (Lipinski definition) is 0. The van der Waals surface area contributed by atoms with Gasteiger partial charge in [0.25, 0.3) is 6.47 Å². The van der Waals surface area contributed by atoms with Gasteiger partial charge in [0.1, 0.15) is 11.3 Å². The molecule has 0 radical (unpaired) electrons. The standard InChI is InChI=1S/C7H8ClNO2S/c1-5(11-4-10)2-7-9-6(8)3-12-7/h3-5H,2H2,1H3. The summed E-state index contributed by atoms with van der Waals surface area (Å²) in [5, 5.41) is 3.13. The fraction of sp³-hybridized carbons (Fsp3) is 0.429. The van der Waals surface area contributed by atoms with Gasteiger partial charge in [0.15, 0.2) is 0 Å². The Balaban J connectivity index is 2.46. The molecule has 1 unspecified atom stereocenters. The van der Waals surface area contributed by atoms with E-state index in [0.717, 1.165) is 5.01 Å². The van der Waals surface area contributed by atoms with Crippen molar-refractivity contribution in [2.45, 2.75) is 19.4 Å². The highest BCUT2D eigenvalue weighted by atomic mass is 35.5. The summed E-state index contributed by atoms with van der Waals surface area (Å²) in [5.41, 5.74) is 0. The second kappa shape index (κ2) is 4.42. The first kappa shape index (κ1) is 9.48. The van der Waals surface area contributed by atoms with E-state index in [9.17, 15) is 4.79 Å². The van der Waals surface area contributed by atoms with E-state index in [-0.39, 0.29) is 6.10 Å². The highest BCUT2D eigenvalue weighted by Gasteiger charge is 2.06. The van der Waals surface area contributed by atoms with Crippen LogP contribution in [0.25, 0.3) is 0 Å². The SMILES string of the molecule is CC(Cc1nc(Cl)cs1)OC=O. The molecule has 0 saturated heterocycles. The molecule has 0 aliphatic rings. The van der Waals surface area contributed by atoms with Crippen LogP contribution in [0.2, 0.25) is 5.15 Å². The molecule has 66 valence electrons. The highest BCUT2D eigenvalue weighted by molar-refractivity contribution is 7.10. The van der Waals surface area contributed by atoms with Crippen LogP contribution in [0.5, 0.6) is 0 Å². The Labute approximate surface area is 79.3 Å². The van der Waals surface area contributed by atoms with E-state index in [1.54, 1.807) is 5.38 Å². The van der Waals surface area contributed by atoms with Crippen LogP contribution in [0.1, 0.15) is 11.9 Å². The van der Waals surface area contributed by atoms with Gasteiger partial charge >= 0.3 is 0 Å². The van der Waals surface area contributed by atoms with Crippen LogP contribution in [0.15, 0.2) is 5.38 Å². The Morgan fingerprint density at radius 3 is 3.17 bits per heavy atom. The maximum absolute atomic E-state index is 9.95. The number of carbonyl (C=O) groups is 1. The Bertz CT molecular complexity index is 264. The van der Waals surface area contributed by atoms with Crippen LogP contribution >= 0.6 is 22.9 Å². The number of rotatable bonds is 4. The van der Waals surface area contributed by atoms with E-state index in [1.165, 1.54) is 11.3 Å². The summed E-state index contributed by atoms with van der Waals surface area (Å²) < 4.78 is 4.70. The normalized spacial score (nSPS) is 12.5. The van der Waals surface area contributed by atoms with Gasteiger partial charge in [0.2, 0.25) is 0 Å². The van der Waals surface area contributed by atoms with Crippen molar-refractivity contribution >= 4 is 29.4 Å². The van der Waals surface area contributed by atoms with Crippen molar-refractivity contribution in [3.05, 3.63) is 15.5 Å². The van der Waals surface area contributed by atoms with Crippen LogP contribution < -0.4 is 0 Å². The van der Waals surface area contributed by atoms with Gasteiger partial charge in [-0.05, 0) is 6.92 Å². The number of nitrogens with zero attached hydrogens (tertiary/aromatic N) is 1. The predicted octanol–water partition coefficient (Wildman–Crippen LogP) is 1.90. The third kappa shape index (κ3) is 2.79. The minimum Gasteiger partial charge on any atom is -0.464 e. The number of hydrogen-bond acceptors (Lipinski definition) is 4. The smallest absolute Gasteiger partial charge is 0.293 e. The summed E-state index contributed by atoms with van der Waals surface area (Å²) >= 11 is 7.07. The molecule has 1 aromatic heterocycles. The fourth-order valence-corrected chi connectivity index (χ4v) is 1.82. The largest absolute Gasteiger partial charge is 0.464 e. The summed E-state index contributed by atoms with van der Waals surface area (Å²) in [6, 6.07) is 0. The number of carbonyl (C=O) groups excluding carboxylic acids is 1. The van der Waals surface area contributed by atoms with Crippen LogP contribution in [0.3, 0.4) is 0 Å². The molecule has 0 amide bonds. The first-order chi connectivity index (χ1) is 5.72. The quantitative estimate of drug-likeness (QED) is 0.705. The van der Waals surface area contributed by atoms with E-state index in [1.807, 2.05) is 6.92 Å². The third-order valence-corrected chi connectivity index (χ3v) is 2.47. The lowest BCUT2D eigenvalue weighted by Gasteiger charge is -2.05. The summed E-state index contributed by atoms with van der Waals surface area (Å²) in [4.78, 5) is 14.0. The fourth-order valence-electron chi connectivity index (χ4n) is 0.771. The molecule has 1 atom stereocenters. The molecule has 5 heteroatoms. The van der Waals surface area contributed by atoms with E-state index >= 15 is 0 Å². The predicted molar refractivity (Wildman–Crippen MR) is 47.4 cm³/mol. The molecule has 1 aromatic rings.